The van der Waals surface area contributed by atoms with Gasteiger partial charge in [-0.25, -0.2) is 8.78 Å². The number of aliphatic hydroxyl groups is 1. The molecule has 1 saturated carbocycles. The van der Waals surface area contributed by atoms with Gasteiger partial charge in [-0.3, -0.25) is 9.89 Å². The summed E-state index contributed by atoms with van der Waals surface area (Å²) in [6.45, 7) is 0.417. The van der Waals surface area contributed by atoms with Crippen LogP contribution in [0.2, 0.25) is 0 Å². The number of carbonyl (C=O) groups is 1. The molecule has 2 atom stereocenters. The summed E-state index contributed by atoms with van der Waals surface area (Å²) >= 11 is 0. The number of rotatable bonds is 4. The first-order valence-electron chi connectivity index (χ1n) is 8.50. The summed E-state index contributed by atoms with van der Waals surface area (Å²) in [5, 5.41) is 18.9. The van der Waals surface area contributed by atoms with Crippen molar-refractivity contribution in [1.29, 1.82) is 0 Å². The van der Waals surface area contributed by atoms with Crippen molar-refractivity contribution >= 4 is 5.91 Å². The lowest BCUT2D eigenvalue weighted by molar-refractivity contribution is 0.0935. The number of aromatic amines is 1. The Balaban J connectivity index is 1.73. The molecule has 25 heavy (non-hydrogen) atoms. The summed E-state index contributed by atoms with van der Waals surface area (Å²) in [6, 6.07) is 3.53. The molecular weight excluding hydrogens is 328 g/mol. The third-order valence-corrected chi connectivity index (χ3v) is 4.65. The van der Waals surface area contributed by atoms with Crippen molar-refractivity contribution in [3.8, 4) is 11.3 Å². The van der Waals surface area contributed by atoms with Crippen LogP contribution in [0.1, 0.15) is 42.5 Å². The van der Waals surface area contributed by atoms with Crippen LogP contribution in [-0.4, -0.2) is 33.9 Å². The van der Waals surface area contributed by atoms with E-state index in [1.165, 1.54) is 12.3 Å². The fourth-order valence-electron chi connectivity index (χ4n) is 3.34. The second kappa shape index (κ2) is 7.74. The molecule has 0 bridgehead atoms. The number of carbonyl (C=O) groups excluding carboxylic acids is 1. The maximum Gasteiger partial charge on any atom is 0.255 e. The Hall–Kier alpha value is -2.28. The normalized spacial score (nSPS) is 20.9. The minimum Gasteiger partial charge on any atom is -0.393 e. The Morgan fingerprint density at radius 1 is 1.28 bits per heavy atom. The first-order chi connectivity index (χ1) is 12.1. The van der Waals surface area contributed by atoms with Crippen LogP contribution in [0.5, 0.6) is 0 Å². The maximum atomic E-state index is 14.0. The zero-order chi connectivity index (χ0) is 17.8. The molecule has 2 aromatic rings. The number of hydrogen-bond donors (Lipinski definition) is 3. The summed E-state index contributed by atoms with van der Waals surface area (Å²) in [7, 11) is 0. The smallest absolute Gasteiger partial charge is 0.255 e. The largest absolute Gasteiger partial charge is 0.393 e. The summed E-state index contributed by atoms with van der Waals surface area (Å²) in [6.07, 6.45) is 5.33. The van der Waals surface area contributed by atoms with E-state index in [0.717, 1.165) is 37.8 Å². The van der Waals surface area contributed by atoms with Crippen molar-refractivity contribution in [2.75, 3.05) is 6.54 Å². The fraction of sp³-hybridized carbons (Fsp3) is 0.444. The molecule has 1 aliphatic carbocycles. The molecule has 3 N–H and O–H groups in total. The van der Waals surface area contributed by atoms with Crippen LogP contribution < -0.4 is 5.32 Å². The molecule has 3 rings (SSSR count). The van der Waals surface area contributed by atoms with Gasteiger partial charge in [-0.05, 0) is 37.3 Å². The van der Waals surface area contributed by atoms with Gasteiger partial charge < -0.3 is 10.4 Å². The van der Waals surface area contributed by atoms with Crippen LogP contribution in [0, 0.1) is 17.6 Å². The predicted octanol–water partition coefficient (Wildman–Crippen LogP) is 3.03. The second-order valence-electron chi connectivity index (χ2n) is 6.51. The average molecular weight is 349 g/mol. The Bertz CT molecular complexity index is 727. The molecule has 134 valence electrons. The highest BCUT2D eigenvalue weighted by Gasteiger charge is 2.23. The lowest BCUT2D eigenvalue weighted by Crippen LogP contribution is -2.30. The number of H-pyrrole nitrogens is 1. The first kappa shape index (κ1) is 17.5. The third-order valence-electron chi connectivity index (χ3n) is 4.65. The number of hydrogen-bond acceptors (Lipinski definition) is 3. The van der Waals surface area contributed by atoms with Gasteiger partial charge in [-0.15, -0.1) is 0 Å². The number of aromatic nitrogens is 2. The van der Waals surface area contributed by atoms with Crippen molar-refractivity contribution in [1.82, 2.24) is 15.5 Å². The van der Waals surface area contributed by atoms with Crippen LogP contribution in [0.3, 0.4) is 0 Å². The van der Waals surface area contributed by atoms with E-state index in [0.29, 0.717) is 13.0 Å². The fourth-order valence-corrected chi connectivity index (χ4v) is 3.34. The first-order valence-corrected chi connectivity index (χ1v) is 8.50. The SMILES string of the molecule is O=C(NCC1CCCCC(O)C1)c1cn[nH]c1-c1c(F)cccc1F. The Morgan fingerprint density at radius 3 is 2.76 bits per heavy atom. The molecule has 7 heteroatoms. The molecule has 1 amide bonds. The van der Waals surface area contributed by atoms with E-state index >= 15 is 0 Å². The topological polar surface area (TPSA) is 78.0 Å². The van der Waals surface area contributed by atoms with Gasteiger partial charge in [0.05, 0.1) is 29.1 Å². The number of nitrogens with zero attached hydrogens (tertiary/aromatic N) is 1. The van der Waals surface area contributed by atoms with Crippen LogP contribution in [0.25, 0.3) is 11.3 Å². The van der Waals surface area contributed by atoms with E-state index in [4.69, 9.17) is 0 Å². The van der Waals surface area contributed by atoms with Gasteiger partial charge in [-0.2, -0.15) is 5.10 Å². The second-order valence-corrected chi connectivity index (χ2v) is 6.51. The Morgan fingerprint density at radius 2 is 2.00 bits per heavy atom. The predicted molar refractivity (Wildman–Crippen MR) is 88.9 cm³/mol. The summed E-state index contributed by atoms with van der Waals surface area (Å²) in [4.78, 5) is 12.5. The van der Waals surface area contributed by atoms with Crippen molar-refractivity contribution in [2.45, 2.75) is 38.2 Å². The highest BCUT2D eigenvalue weighted by atomic mass is 19.1. The molecule has 0 radical (unpaired) electrons. The molecule has 1 heterocycles. The summed E-state index contributed by atoms with van der Waals surface area (Å²) < 4.78 is 27.9. The van der Waals surface area contributed by atoms with E-state index in [1.807, 2.05) is 0 Å². The molecule has 1 aliphatic rings. The maximum absolute atomic E-state index is 14.0. The quantitative estimate of drug-likeness (QED) is 0.743. The van der Waals surface area contributed by atoms with E-state index in [9.17, 15) is 18.7 Å². The van der Waals surface area contributed by atoms with Gasteiger partial charge in [0.25, 0.3) is 5.91 Å². The van der Waals surface area contributed by atoms with Gasteiger partial charge >= 0.3 is 0 Å². The van der Waals surface area contributed by atoms with E-state index in [-0.39, 0.29) is 28.8 Å². The van der Waals surface area contributed by atoms with Gasteiger partial charge in [0.2, 0.25) is 0 Å². The molecule has 0 saturated heterocycles. The number of amides is 1. The van der Waals surface area contributed by atoms with Crippen LogP contribution in [0.4, 0.5) is 8.78 Å². The zero-order valence-corrected chi connectivity index (χ0v) is 13.8. The van der Waals surface area contributed by atoms with Crippen molar-refractivity contribution in [2.24, 2.45) is 5.92 Å². The molecule has 1 aromatic carbocycles. The van der Waals surface area contributed by atoms with Gasteiger partial charge in [0.15, 0.2) is 0 Å². The molecule has 5 nitrogen and oxygen atoms in total. The van der Waals surface area contributed by atoms with Crippen LogP contribution in [-0.2, 0) is 0 Å². The lowest BCUT2D eigenvalue weighted by Gasteiger charge is -2.17. The minimum absolute atomic E-state index is 0.0222. The Labute approximate surface area is 144 Å². The third kappa shape index (κ3) is 4.04. The Kier molecular flexibility index (Phi) is 5.43. The van der Waals surface area contributed by atoms with Gasteiger partial charge in [0, 0.05) is 6.54 Å². The van der Waals surface area contributed by atoms with E-state index in [1.54, 1.807) is 0 Å². The average Bonchev–Trinajstić information content (AvgIpc) is 2.95. The van der Waals surface area contributed by atoms with E-state index < -0.39 is 17.5 Å². The zero-order valence-electron chi connectivity index (χ0n) is 13.8. The molecular formula is C18H21F2N3O2. The van der Waals surface area contributed by atoms with Gasteiger partial charge in [-0.1, -0.05) is 18.9 Å². The summed E-state index contributed by atoms with van der Waals surface area (Å²) in [5.74, 6) is -1.76. The van der Waals surface area contributed by atoms with Gasteiger partial charge in [0.1, 0.15) is 11.6 Å². The van der Waals surface area contributed by atoms with Crippen molar-refractivity contribution < 1.29 is 18.7 Å². The number of halogens is 2. The molecule has 2 unspecified atom stereocenters. The van der Waals surface area contributed by atoms with Crippen LogP contribution in [0.15, 0.2) is 24.4 Å². The molecule has 1 fully saturated rings. The number of benzene rings is 1. The monoisotopic (exact) mass is 349 g/mol. The minimum atomic E-state index is -0.759. The summed E-state index contributed by atoms with van der Waals surface area (Å²) in [5.41, 5.74) is -0.179. The highest BCUT2D eigenvalue weighted by molar-refractivity contribution is 5.99. The lowest BCUT2D eigenvalue weighted by atomic mass is 9.99. The van der Waals surface area contributed by atoms with Crippen molar-refractivity contribution in [3.05, 3.63) is 41.6 Å². The number of aliphatic hydroxyl groups excluding tert-OH is 1. The number of nitrogens with one attached hydrogen (secondary N) is 2. The molecule has 0 aliphatic heterocycles. The molecule has 1 aromatic heterocycles. The van der Waals surface area contributed by atoms with Crippen molar-refractivity contribution in [3.63, 3.8) is 0 Å². The highest BCUT2D eigenvalue weighted by Crippen LogP contribution is 2.27. The van der Waals surface area contributed by atoms with E-state index in [2.05, 4.69) is 15.5 Å². The standard InChI is InChI=1S/C18H21F2N3O2/c19-14-6-3-7-15(20)16(14)17-13(10-22-23-17)18(25)21-9-11-4-1-2-5-12(24)8-11/h3,6-7,10-12,24H,1-2,4-5,8-9H2,(H,21,25)(H,22,23). The molecule has 0 spiro atoms. The van der Waals surface area contributed by atoms with Crippen LogP contribution >= 0.6 is 0 Å².